The molecule has 4 heterocycles. The van der Waals surface area contributed by atoms with Crippen LogP contribution >= 0.6 is 0 Å². The van der Waals surface area contributed by atoms with Gasteiger partial charge in [0, 0.05) is 24.7 Å². The molecule has 2 amide bonds. The third kappa shape index (κ3) is 6.09. The van der Waals surface area contributed by atoms with E-state index in [1.807, 2.05) is 18.7 Å². The summed E-state index contributed by atoms with van der Waals surface area (Å²) in [5.74, 6) is -0.261. The molecule has 264 valence electrons. The fourth-order valence-electron chi connectivity index (χ4n) is 10.0. The highest BCUT2D eigenvalue weighted by molar-refractivity contribution is 6.47. The largest absolute Gasteiger partial charge is 0.482 e. The van der Waals surface area contributed by atoms with Crippen molar-refractivity contribution in [3.05, 3.63) is 47.3 Å². The number of halogens is 1. The molecule has 10 nitrogen and oxygen atoms in total. The number of morpholine rings is 1. The van der Waals surface area contributed by atoms with E-state index in [2.05, 4.69) is 37.1 Å². The summed E-state index contributed by atoms with van der Waals surface area (Å²) < 4.78 is 38.5. The molecule has 0 aromatic heterocycles. The average molecular weight is 677 g/mol. The van der Waals surface area contributed by atoms with Gasteiger partial charge in [0.05, 0.1) is 36.4 Å². The minimum atomic E-state index is -0.695. The lowest BCUT2D eigenvalue weighted by Gasteiger charge is -2.64. The summed E-state index contributed by atoms with van der Waals surface area (Å²) in [4.78, 5) is 31.7. The number of hydrogen-bond donors (Lipinski definition) is 1. The molecule has 0 unspecified atom stereocenters. The molecule has 4 bridgehead atoms. The topological polar surface area (TPSA) is 113 Å². The molecular formula is C37H50BFN4O6. The van der Waals surface area contributed by atoms with Crippen molar-refractivity contribution in [3.63, 3.8) is 0 Å². The van der Waals surface area contributed by atoms with E-state index in [1.54, 1.807) is 18.2 Å². The van der Waals surface area contributed by atoms with E-state index >= 15 is 0 Å². The number of alkyl carbamates (subject to hydrolysis) is 1. The molecule has 0 radical (unpaired) electrons. The highest BCUT2D eigenvalue weighted by atomic mass is 19.1. The number of nitrogens with zero attached hydrogens (tertiary/aromatic N) is 3. The van der Waals surface area contributed by atoms with Crippen LogP contribution < -0.4 is 5.32 Å². The van der Waals surface area contributed by atoms with Gasteiger partial charge in [-0.25, -0.2) is 9.18 Å². The van der Waals surface area contributed by atoms with Gasteiger partial charge in [-0.15, -0.1) is 0 Å². The Balaban J connectivity index is 1.05. The van der Waals surface area contributed by atoms with Crippen molar-refractivity contribution in [1.82, 2.24) is 15.1 Å². The van der Waals surface area contributed by atoms with Crippen molar-refractivity contribution >= 4 is 19.1 Å². The summed E-state index contributed by atoms with van der Waals surface area (Å²) in [5, 5.41) is 13.2. The van der Waals surface area contributed by atoms with Crippen LogP contribution in [0.15, 0.2) is 35.9 Å². The molecule has 0 spiro atoms. The number of carbonyl (C=O) groups excluding carboxylic acids is 2. The van der Waals surface area contributed by atoms with Crippen molar-refractivity contribution in [2.24, 2.45) is 17.3 Å². The molecule has 49 heavy (non-hydrogen) atoms. The first-order valence-corrected chi connectivity index (χ1v) is 18.1. The van der Waals surface area contributed by atoms with Crippen LogP contribution in [-0.4, -0.2) is 96.6 Å². The minimum Gasteiger partial charge on any atom is -0.447 e. The summed E-state index contributed by atoms with van der Waals surface area (Å²) >= 11 is 0. The number of nitrogens with one attached hydrogen (secondary N) is 1. The maximum atomic E-state index is 14.0. The van der Waals surface area contributed by atoms with Crippen LogP contribution in [0.1, 0.15) is 78.7 Å². The Morgan fingerprint density at radius 1 is 1.16 bits per heavy atom. The van der Waals surface area contributed by atoms with E-state index < -0.39 is 35.8 Å². The molecule has 8 rings (SSSR count). The highest BCUT2D eigenvalue weighted by Crippen LogP contribution is 2.65. The van der Waals surface area contributed by atoms with Gasteiger partial charge in [0.1, 0.15) is 24.1 Å². The van der Waals surface area contributed by atoms with Crippen molar-refractivity contribution in [3.8, 4) is 6.07 Å². The van der Waals surface area contributed by atoms with E-state index in [-0.39, 0.29) is 41.5 Å². The fraction of sp³-hybridized carbons (Fsp3) is 0.703. The van der Waals surface area contributed by atoms with Crippen LogP contribution in [0.4, 0.5) is 9.18 Å². The van der Waals surface area contributed by atoms with Gasteiger partial charge in [-0.1, -0.05) is 26.0 Å². The normalized spacial score (nSPS) is 34.2. The van der Waals surface area contributed by atoms with Gasteiger partial charge in [-0.05, 0) is 107 Å². The minimum absolute atomic E-state index is 0.00788. The van der Waals surface area contributed by atoms with Gasteiger partial charge >= 0.3 is 13.2 Å². The van der Waals surface area contributed by atoms with Gasteiger partial charge in [-0.2, -0.15) is 5.26 Å². The zero-order chi connectivity index (χ0) is 34.8. The van der Waals surface area contributed by atoms with Crippen LogP contribution in [0.25, 0.3) is 0 Å². The number of hydrogen-bond acceptors (Lipinski definition) is 8. The molecular weight excluding hydrogens is 626 g/mol. The maximum Gasteiger partial charge on any atom is 0.482 e. The van der Waals surface area contributed by atoms with Gasteiger partial charge < -0.3 is 29.0 Å². The molecule has 7 aliphatic rings. The van der Waals surface area contributed by atoms with Crippen LogP contribution in [0.3, 0.4) is 0 Å². The molecule has 4 aliphatic heterocycles. The predicted molar refractivity (Wildman–Crippen MR) is 180 cm³/mol. The molecule has 3 saturated carbocycles. The van der Waals surface area contributed by atoms with Gasteiger partial charge in [0.15, 0.2) is 0 Å². The van der Waals surface area contributed by atoms with Gasteiger partial charge in [0.25, 0.3) is 5.91 Å². The first-order chi connectivity index (χ1) is 23.3. The van der Waals surface area contributed by atoms with E-state index in [9.17, 15) is 19.2 Å². The van der Waals surface area contributed by atoms with E-state index in [1.165, 1.54) is 12.1 Å². The Morgan fingerprint density at radius 2 is 1.86 bits per heavy atom. The van der Waals surface area contributed by atoms with Crippen molar-refractivity contribution in [2.45, 2.75) is 114 Å². The third-order valence-corrected chi connectivity index (χ3v) is 13.1. The summed E-state index contributed by atoms with van der Waals surface area (Å²) in [7, 11) is -0.695. The third-order valence-electron chi connectivity index (χ3n) is 13.1. The second kappa shape index (κ2) is 12.7. The van der Waals surface area contributed by atoms with Crippen LogP contribution in [-0.2, 0) is 30.0 Å². The molecule has 1 aromatic rings. The van der Waals surface area contributed by atoms with E-state index in [0.717, 1.165) is 44.3 Å². The number of amides is 2. The first-order valence-electron chi connectivity index (χ1n) is 18.1. The van der Waals surface area contributed by atoms with Crippen molar-refractivity contribution in [1.29, 1.82) is 5.26 Å². The summed E-state index contributed by atoms with van der Waals surface area (Å²) in [6, 6.07) is 8.43. The lowest BCUT2D eigenvalue weighted by atomic mass is 9.43. The molecule has 7 fully saturated rings. The standard InChI is InChI=1S/C37H50BFN4O6/c1-34(2,42-14-16-46-17-15-42)21-25(22-40)32(44)43-28-10-12-37(43,13-11-28)23-47-33(45)41-31(18-24-6-8-27(39)9-7-24)38-48-30-20-26-19-29(35(26,3)4)36(30,5)49-38/h6-9,21,26,28-31H,10-20,23H2,1-5H3,(H,41,45)/t26-,28?,29-,30+,31-,36-,37?/m0/s1. The van der Waals surface area contributed by atoms with Crippen molar-refractivity contribution < 1.29 is 32.8 Å². The van der Waals surface area contributed by atoms with Crippen molar-refractivity contribution in [2.75, 3.05) is 32.9 Å². The monoisotopic (exact) mass is 676 g/mol. The van der Waals surface area contributed by atoms with Gasteiger partial charge in [-0.3, -0.25) is 9.69 Å². The molecule has 5 atom stereocenters. The lowest BCUT2D eigenvalue weighted by molar-refractivity contribution is -0.199. The number of carbonyl (C=O) groups is 2. The quantitative estimate of drug-likeness (QED) is 0.225. The molecule has 12 heteroatoms. The first kappa shape index (κ1) is 34.5. The summed E-state index contributed by atoms with van der Waals surface area (Å²) in [6.07, 6.45) is 6.51. The van der Waals surface area contributed by atoms with Crippen LogP contribution in [0, 0.1) is 34.4 Å². The smallest absolute Gasteiger partial charge is 0.447 e. The van der Waals surface area contributed by atoms with Crippen LogP contribution in [0.5, 0.6) is 0 Å². The zero-order valence-electron chi connectivity index (χ0n) is 29.5. The second-order valence-corrected chi connectivity index (χ2v) is 16.5. The zero-order valence-corrected chi connectivity index (χ0v) is 29.5. The number of nitriles is 1. The number of ether oxygens (including phenoxy) is 2. The number of rotatable bonds is 9. The molecule has 1 aromatic carbocycles. The Hall–Kier alpha value is -2.98. The number of fused-ring (bicyclic) bond motifs is 2. The Kier molecular flexibility index (Phi) is 8.91. The second-order valence-electron chi connectivity index (χ2n) is 16.5. The lowest BCUT2D eigenvalue weighted by Crippen LogP contribution is -2.65. The van der Waals surface area contributed by atoms with Gasteiger partial charge in [0.2, 0.25) is 0 Å². The average Bonchev–Trinajstić information content (AvgIpc) is 3.76. The Labute approximate surface area is 289 Å². The fourth-order valence-corrected chi connectivity index (χ4v) is 10.0. The molecule has 3 aliphatic carbocycles. The van der Waals surface area contributed by atoms with Crippen LogP contribution in [0.2, 0.25) is 0 Å². The Morgan fingerprint density at radius 3 is 2.51 bits per heavy atom. The van der Waals surface area contributed by atoms with E-state index in [0.29, 0.717) is 44.3 Å². The van der Waals surface area contributed by atoms with E-state index in [4.69, 9.17) is 18.8 Å². The number of benzene rings is 1. The molecule has 1 N–H and O–H groups in total. The molecule has 4 saturated heterocycles. The summed E-state index contributed by atoms with van der Waals surface area (Å²) in [5.41, 5.74) is -0.499. The summed E-state index contributed by atoms with van der Waals surface area (Å²) in [6.45, 7) is 13.5. The SMILES string of the molecule is CC1(C)[C@@H]2C[C@H]3OB([C@H](Cc4ccc(F)cc4)NC(=O)OCC45CCC(CC4)N5C(=O)C(C#N)=CC(C)(C)N4CCOCC4)O[C@@]3(C)[C@H]1C2. The highest BCUT2D eigenvalue weighted by Gasteiger charge is 2.68. The Bertz CT molecular complexity index is 1520. The predicted octanol–water partition coefficient (Wildman–Crippen LogP) is 4.81. The maximum absolute atomic E-state index is 14.0.